The van der Waals surface area contributed by atoms with Crippen molar-refractivity contribution in [2.24, 2.45) is 0 Å². The van der Waals surface area contributed by atoms with Gasteiger partial charge in [-0.25, -0.2) is 0 Å². The number of halogens is 2. The van der Waals surface area contributed by atoms with Crippen LogP contribution in [-0.4, -0.2) is 34.5 Å². The maximum atomic E-state index is 12.0. The molecule has 1 aromatic heterocycles. The first-order valence-electron chi connectivity index (χ1n) is 7.91. The highest BCUT2D eigenvalue weighted by Crippen LogP contribution is 2.21. The molecule has 2 amide bonds. The highest BCUT2D eigenvalue weighted by atomic mass is 35.5. The third-order valence-corrected chi connectivity index (χ3v) is 5.17. The molecular weight excluding hydrogens is 397 g/mol. The van der Waals surface area contributed by atoms with Gasteiger partial charge in [-0.3, -0.25) is 9.59 Å². The molecule has 0 radical (unpaired) electrons. The van der Waals surface area contributed by atoms with Crippen molar-refractivity contribution in [2.75, 3.05) is 17.6 Å². The van der Waals surface area contributed by atoms with E-state index in [2.05, 4.69) is 15.8 Å². The highest BCUT2D eigenvalue weighted by molar-refractivity contribution is 8.01. The Bertz CT molecular complexity index is 782. The van der Waals surface area contributed by atoms with Crippen LogP contribution in [0, 0.1) is 6.92 Å². The van der Waals surface area contributed by atoms with Gasteiger partial charge in [-0.2, -0.15) is 0 Å². The Kier molecular flexibility index (Phi) is 7.81. The molecule has 0 fully saturated rings. The lowest BCUT2D eigenvalue weighted by atomic mass is 10.1. The monoisotopic (exact) mass is 415 g/mol. The summed E-state index contributed by atoms with van der Waals surface area (Å²) in [6.45, 7) is 3.93. The van der Waals surface area contributed by atoms with E-state index in [-0.39, 0.29) is 17.6 Å². The summed E-state index contributed by atoms with van der Waals surface area (Å²) in [7, 11) is 0. The number of aryl methyl sites for hydroxylation is 1. The molecule has 2 N–H and O–H groups in total. The summed E-state index contributed by atoms with van der Waals surface area (Å²) in [6.07, 6.45) is 0.605. The molecule has 0 aliphatic carbocycles. The number of anilines is 1. The summed E-state index contributed by atoms with van der Waals surface area (Å²) >= 11 is 13.2. The lowest BCUT2D eigenvalue weighted by Crippen LogP contribution is -2.30. The second-order valence-corrected chi connectivity index (χ2v) is 7.77. The number of nitrogens with one attached hydrogen (secondary N) is 2. The molecule has 6 nitrogen and oxygen atoms in total. The molecule has 140 valence electrons. The van der Waals surface area contributed by atoms with E-state index in [9.17, 15) is 9.59 Å². The summed E-state index contributed by atoms with van der Waals surface area (Å²) < 4.78 is 4.89. The summed E-state index contributed by atoms with van der Waals surface area (Å²) in [5.74, 6) is 0.784. The summed E-state index contributed by atoms with van der Waals surface area (Å²) in [5.41, 5.74) is 0.916. The fourth-order valence-corrected chi connectivity index (χ4v) is 3.26. The van der Waals surface area contributed by atoms with E-state index in [0.717, 1.165) is 5.56 Å². The molecule has 2 rings (SSSR count). The van der Waals surface area contributed by atoms with E-state index in [1.807, 2.05) is 6.07 Å². The summed E-state index contributed by atoms with van der Waals surface area (Å²) in [5, 5.41) is 9.91. The van der Waals surface area contributed by atoms with Crippen LogP contribution in [0.1, 0.15) is 18.2 Å². The van der Waals surface area contributed by atoms with Gasteiger partial charge in [0.05, 0.1) is 11.0 Å². The molecule has 2 aromatic rings. The zero-order valence-corrected chi connectivity index (χ0v) is 16.7. The van der Waals surface area contributed by atoms with Crippen molar-refractivity contribution in [3.8, 4) is 0 Å². The molecule has 9 heteroatoms. The van der Waals surface area contributed by atoms with E-state index < -0.39 is 5.25 Å². The molecule has 1 atom stereocenters. The average molecular weight is 416 g/mol. The quantitative estimate of drug-likeness (QED) is 0.686. The molecule has 0 saturated heterocycles. The Labute approximate surface area is 166 Å². The van der Waals surface area contributed by atoms with Gasteiger partial charge >= 0.3 is 0 Å². The molecule has 0 aliphatic rings. The SMILES string of the molecule is Cc1cc(NC(=O)[C@H](C)SCC(=O)NCCc2ccc(Cl)cc2Cl)no1. The van der Waals surface area contributed by atoms with Gasteiger partial charge in [-0.05, 0) is 38.0 Å². The first-order valence-corrected chi connectivity index (χ1v) is 9.72. The highest BCUT2D eigenvalue weighted by Gasteiger charge is 2.16. The summed E-state index contributed by atoms with van der Waals surface area (Å²) in [6, 6.07) is 6.90. The average Bonchev–Trinajstić information content (AvgIpc) is 2.99. The molecule has 26 heavy (non-hydrogen) atoms. The van der Waals surface area contributed by atoms with Crippen LogP contribution in [0.4, 0.5) is 5.82 Å². The van der Waals surface area contributed by atoms with Crippen molar-refractivity contribution in [1.82, 2.24) is 10.5 Å². The topological polar surface area (TPSA) is 84.2 Å². The van der Waals surface area contributed by atoms with Crippen LogP contribution in [0.2, 0.25) is 10.0 Å². The maximum absolute atomic E-state index is 12.0. The van der Waals surface area contributed by atoms with E-state index >= 15 is 0 Å². The van der Waals surface area contributed by atoms with Crippen molar-refractivity contribution in [3.63, 3.8) is 0 Å². The van der Waals surface area contributed by atoms with Crippen molar-refractivity contribution < 1.29 is 14.1 Å². The smallest absolute Gasteiger partial charge is 0.238 e. The number of carbonyl (C=O) groups is 2. The fourth-order valence-electron chi connectivity index (χ4n) is 2.04. The predicted molar refractivity (Wildman–Crippen MR) is 105 cm³/mol. The van der Waals surface area contributed by atoms with Gasteiger partial charge in [0.15, 0.2) is 5.82 Å². The minimum atomic E-state index is -0.400. The maximum Gasteiger partial charge on any atom is 0.238 e. The van der Waals surface area contributed by atoms with Crippen LogP contribution in [0.15, 0.2) is 28.8 Å². The first kappa shape index (κ1) is 20.6. The Morgan fingerprint density at radius 1 is 1.31 bits per heavy atom. The number of hydrogen-bond donors (Lipinski definition) is 2. The molecule has 0 aliphatic heterocycles. The van der Waals surface area contributed by atoms with Crippen LogP contribution < -0.4 is 10.6 Å². The molecule has 0 spiro atoms. The molecule has 0 unspecified atom stereocenters. The van der Waals surface area contributed by atoms with Crippen molar-refractivity contribution >= 4 is 52.6 Å². The minimum Gasteiger partial charge on any atom is -0.360 e. The Morgan fingerprint density at radius 2 is 2.08 bits per heavy atom. The van der Waals surface area contributed by atoms with Gasteiger partial charge in [-0.1, -0.05) is 34.4 Å². The van der Waals surface area contributed by atoms with Crippen molar-refractivity contribution in [2.45, 2.75) is 25.5 Å². The third kappa shape index (κ3) is 6.55. The minimum absolute atomic E-state index is 0.142. The fraction of sp³-hybridized carbons (Fsp3) is 0.353. The van der Waals surface area contributed by atoms with Crippen molar-refractivity contribution in [1.29, 1.82) is 0 Å². The van der Waals surface area contributed by atoms with Gasteiger partial charge < -0.3 is 15.2 Å². The molecular formula is C17H19Cl2N3O3S. The first-order chi connectivity index (χ1) is 12.3. The van der Waals surface area contributed by atoms with Crippen LogP contribution in [-0.2, 0) is 16.0 Å². The number of aromatic nitrogens is 1. The number of rotatable bonds is 8. The van der Waals surface area contributed by atoms with Gasteiger partial charge in [0.2, 0.25) is 11.8 Å². The van der Waals surface area contributed by atoms with E-state index in [1.165, 1.54) is 11.8 Å². The Hall–Kier alpha value is -1.70. The van der Waals surface area contributed by atoms with Crippen LogP contribution in [0.25, 0.3) is 0 Å². The number of benzene rings is 1. The van der Waals surface area contributed by atoms with Crippen LogP contribution in [0.5, 0.6) is 0 Å². The van der Waals surface area contributed by atoms with Gasteiger partial charge in [0.25, 0.3) is 0 Å². The largest absolute Gasteiger partial charge is 0.360 e. The number of thioether (sulfide) groups is 1. The van der Waals surface area contributed by atoms with Crippen LogP contribution in [0.3, 0.4) is 0 Å². The van der Waals surface area contributed by atoms with Gasteiger partial charge in [0, 0.05) is 22.7 Å². The second kappa shape index (κ2) is 9.85. The van der Waals surface area contributed by atoms with E-state index in [1.54, 1.807) is 32.0 Å². The van der Waals surface area contributed by atoms with Crippen molar-refractivity contribution in [3.05, 3.63) is 45.6 Å². The van der Waals surface area contributed by atoms with E-state index in [0.29, 0.717) is 34.6 Å². The molecule has 0 saturated carbocycles. The number of nitrogens with zero attached hydrogens (tertiary/aromatic N) is 1. The Morgan fingerprint density at radius 3 is 2.73 bits per heavy atom. The normalized spacial score (nSPS) is 11.8. The molecule has 1 heterocycles. The third-order valence-electron chi connectivity index (χ3n) is 3.44. The molecule has 1 aromatic carbocycles. The predicted octanol–water partition coefficient (Wildman–Crippen LogP) is 3.71. The Balaban J connectivity index is 1.68. The lowest BCUT2D eigenvalue weighted by Gasteiger charge is -2.11. The number of amides is 2. The zero-order chi connectivity index (χ0) is 19.1. The van der Waals surface area contributed by atoms with E-state index in [4.69, 9.17) is 27.7 Å². The van der Waals surface area contributed by atoms with Gasteiger partial charge in [-0.15, -0.1) is 11.8 Å². The lowest BCUT2D eigenvalue weighted by molar-refractivity contribution is -0.118. The number of carbonyl (C=O) groups excluding carboxylic acids is 2. The van der Waals surface area contributed by atoms with Gasteiger partial charge in [0.1, 0.15) is 5.76 Å². The number of hydrogen-bond acceptors (Lipinski definition) is 5. The zero-order valence-electron chi connectivity index (χ0n) is 14.3. The summed E-state index contributed by atoms with van der Waals surface area (Å²) in [4.78, 5) is 23.9. The standard InChI is InChI=1S/C17H19Cl2N3O3S/c1-10-7-15(22-25-10)21-17(24)11(2)26-9-16(23)20-6-5-12-3-4-13(18)8-14(12)19/h3-4,7-8,11H,5-6,9H2,1-2H3,(H,20,23)(H,21,22,24)/t11-/m0/s1. The van der Waals surface area contributed by atoms with Crippen LogP contribution >= 0.6 is 35.0 Å². The second-order valence-electron chi connectivity index (χ2n) is 5.60. The molecule has 0 bridgehead atoms.